The maximum Gasteiger partial charge on any atom is 0.242 e. The van der Waals surface area contributed by atoms with E-state index in [1.54, 1.807) is 17.9 Å². The third-order valence-electron chi connectivity index (χ3n) is 4.95. The molecular weight excluding hydrogens is 451 g/mol. The number of benzene rings is 2. The molecule has 1 atom stereocenters. The summed E-state index contributed by atoms with van der Waals surface area (Å²) in [7, 11) is 0. The van der Waals surface area contributed by atoms with Crippen LogP contribution in [0.2, 0.25) is 10.0 Å². The number of halogens is 2. The Balaban J connectivity index is 2.04. The summed E-state index contributed by atoms with van der Waals surface area (Å²) >= 11 is 13.5. The quantitative estimate of drug-likeness (QED) is 0.409. The van der Waals surface area contributed by atoms with Crippen molar-refractivity contribution in [3.8, 4) is 0 Å². The van der Waals surface area contributed by atoms with Crippen LogP contribution in [0.5, 0.6) is 0 Å². The molecule has 0 radical (unpaired) electrons. The van der Waals surface area contributed by atoms with Crippen LogP contribution in [0.4, 0.5) is 0 Å². The molecule has 0 saturated heterocycles. The van der Waals surface area contributed by atoms with Crippen LogP contribution in [0.3, 0.4) is 0 Å². The van der Waals surface area contributed by atoms with E-state index >= 15 is 0 Å². The second-order valence-corrected chi connectivity index (χ2v) is 9.37. The maximum absolute atomic E-state index is 13.1. The number of unbranched alkanes of at least 4 members (excludes halogenated alkanes) is 1. The minimum Gasteiger partial charge on any atom is -0.354 e. The van der Waals surface area contributed by atoms with Gasteiger partial charge in [-0.15, -0.1) is 11.8 Å². The zero-order chi connectivity index (χ0) is 22.8. The van der Waals surface area contributed by atoms with E-state index in [0.29, 0.717) is 28.9 Å². The predicted molar refractivity (Wildman–Crippen MR) is 132 cm³/mol. The van der Waals surface area contributed by atoms with Gasteiger partial charge in [0.25, 0.3) is 0 Å². The van der Waals surface area contributed by atoms with E-state index < -0.39 is 6.04 Å². The van der Waals surface area contributed by atoms with Crippen LogP contribution in [0, 0.1) is 6.92 Å². The van der Waals surface area contributed by atoms with Crippen molar-refractivity contribution in [1.82, 2.24) is 10.2 Å². The Morgan fingerprint density at radius 3 is 2.39 bits per heavy atom. The van der Waals surface area contributed by atoms with Crippen LogP contribution in [0.1, 0.15) is 43.4 Å². The second-order valence-electron chi connectivity index (χ2n) is 7.57. The fraction of sp³-hybridized carbons (Fsp3) is 0.417. The average molecular weight is 481 g/mol. The number of carbonyl (C=O) groups is 2. The molecule has 2 aromatic rings. The molecule has 1 unspecified atom stereocenters. The van der Waals surface area contributed by atoms with Gasteiger partial charge in [-0.05, 0) is 43.5 Å². The number of aryl methyl sites for hydroxylation is 1. The minimum absolute atomic E-state index is 0.0659. The van der Waals surface area contributed by atoms with Crippen LogP contribution < -0.4 is 5.32 Å². The van der Waals surface area contributed by atoms with E-state index in [4.69, 9.17) is 23.2 Å². The molecule has 31 heavy (non-hydrogen) atoms. The third kappa shape index (κ3) is 8.40. The fourth-order valence-corrected chi connectivity index (χ4v) is 4.16. The zero-order valence-corrected chi connectivity index (χ0v) is 20.6. The summed E-state index contributed by atoms with van der Waals surface area (Å²) < 4.78 is 0. The van der Waals surface area contributed by atoms with E-state index in [0.717, 1.165) is 29.5 Å². The third-order valence-corrected chi connectivity index (χ3v) is 6.68. The Labute approximate surface area is 199 Å². The molecule has 4 nitrogen and oxygen atoms in total. The molecule has 0 heterocycles. The number of carbonyl (C=O) groups excluding carboxylic acids is 2. The summed E-state index contributed by atoms with van der Waals surface area (Å²) in [6.45, 7) is 6.91. The van der Waals surface area contributed by atoms with Gasteiger partial charge in [-0.25, -0.2) is 0 Å². The molecule has 0 fully saturated rings. The van der Waals surface area contributed by atoms with Gasteiger partial charge >= 0.3 is 0 Å². The standard InChI is InChI=1S/C24H30Cl2N2O2S/c1-4-5-12-27-24(30)18(3)28(14-19-8-6-17(2)7-9-19)23(29)16-31-15-20-10-11-21(25)22(26)13-20/h6-11,13,18H,4-5,12,14-16H2,1-3H3,(H,27,30). The lowest BCUT2D eigenvalue weighted by molar-refractivity contribution is -0.138. The van der Waals surface area contributed by atoms with Crippen molar-refractivity contribution >= 4 is 46.8 Å². The van der Waals surface area contributed by atoms with Crippen molar-refractivity contribution in [3.05, 3.63) is 69.2 Å². The largest absolute Gasteiger partial charge is 0.354 e. The molecule has 0 saturated carbocycles. The molecule has 2 amide bonds. The first kappa shape index (κ1) is 25.6. The van der Waals surface area contributed by atoms with E-state index in [1.807, 2.05) is 43.3 Å². The van der Waals surface area contributed by atoms with Gasteiger partial charge in [0.05, 0.1) is 15.8 Å². The fourth-order valence-electron chi connectivity index (χ4n) is 2.98. The van der Waals surface area contributed by atoms with Crippen LogP contribution in [-0.4, -0.2) is 35.1 Å². The molecule has 0 aliphatic rings. The van der Waals surface area contributed by atoms with Crippen LogP contribution in [0.15, 0.2) is 42.5 Å². The van der Waals surface area contributed by atoms with Crippen molar-refractivity contribution in [2.24, 2.45) is 0 Å². The second kappa shape index (κ2) is 13.0. The zero-order valence-electron chi connectivity index (χ0n) is 18.3. The topological polar surface area (TPSA) is 49.4 Å². The van der Waals surface area contributed by atoms with Crippen molar-refractivity contribution in [2.75, 3.05) is 12.3 Å². The molecule has 2 aromatic carbocycles. The highest BCUT2D eigenvalue weighted by Crippen LogP contribution is 2.25. The number of hydrogen-bond donors (Lipinski definition) is 1. The number of hydrogen-bond acceptors (Lipinski definition) is 3. The van der Waals surface area contributed by atoms with Crippen LogP contribution in [0.25, 0.3) is 0 Å². The number of rotatable bonds is 11. The molecule has 0 aliphatic carbocycles. The summed E-state index contributed by atoms with van der Waals surface area (Å²) in [4.78, 5) is 27.4. The highest BCUT2D eigenvalue weighted by molar-refractivity contribution is 7.99. The van der Waals surface area contributed by atoms with Crippen LogP contribution >= 0.6 is 35.0 Å². The monoisotopic (exact) mass is 480 g/mol. The molecule has 1 N–H and O–H groups in total. The molecule has 0 bridgehead atoms. The van der Waals surface area contributed by atoms with E-state index in [9.17, 15) is 9.59 Å². The Kier molecular flexibility index (Phi) is 10.7. The van der Waals surface area contributed by atoms with Crippen molar-refractivity contribution in [2.45, 2.75) is 52.0 Å². The van der Waals surface area contributed by atoms with E-state index in [2.05, 4.69) is 12.2 Å². The van der Waals surface area contributed by atoms with Gasteiger partial charge in [-0.1, -0.05) is 72.4 Å². The smallest absolute Gasteiger partial charge is 0.242 e. The number of nitrogens with zero attached hydrogens (tertiary/aromatic N) is 1. The highest BCUT2D eigenvalue weighted by atomic mass is 35.5. The summed E-state index contributed by atoms with van der Waals surface area (Å²) in [5, 5.41) is 3.96. The molecule has 0 aliphatic heterocycles. The van der Waals surface area contributed by atoms with Gasteiger partial charge in [0.2, 0.25) is 11.8 Å². The number of nitrogens with one attached hydrogen (secondary N) is 1. The van der Waals surface area contributed by atoms with Gasteiger partial charge in [-0.2, -0.15) is 0 Å². The summed E-state index contributed by atoms with van der Waals surface area (Å²) in [5.74, 6) is 0.726. The minimum atomic E-state index is -0.545. The SMILES string of the molecule is CCCCNC(=O)C(C)N(Cc1ccc(C)cc1)C(=O)CSCc1ccc(Cl)c(Cl)c1. The molecule has 0 spiro atoms. The molecular formula is C24H30Cl2N2O2S. The molecule has 168 valence electrons. The Morgan fingerprint density at radius 2 is 1.74 bits per heavy atom. The van der Waals surface area contributed by atoms with Gasteiger partial charge in [0.1, 0.15) is 6.04 Å². The first-order chi connectivity index (χ1) is 14.8. The Morgan fingerprint density at radius 1 is 1.06 bits per heavy atom. The lowest BCUT2D eigenvalue weighted by Gasteiger charge is -2.29. The predicted octanol–water partition coefficient (Wildman–Crippen LogP) is 5.87. The first-order valence-corrected chi connectivity index (χ1v) is 12.4. The van der Waals surface area contributed by atoms with Crippen molar-refractivity contribution in [1.29, 1.82) is 0 Å². The first-order valence-electron chi connectivity index (χ1n) is 10.5. The summed E-state index contributed by atoms with van der Waals surface area (Å²) in [6, 6.07) is 13.0. The van der Waals surface area contributed by atoms with Gasteiger partial charge < -0.3 is 10.2 Å². The lowest BCUT2D eigenvalue weighted by atomic mass is 10.1. The van der Waals surface area contributed by atoms with Crippen molar-refractivity contribution < 1.29 is 9.59 Å². The van der Waals surface area contributed by atoms with Gasteiger partial charge in [0, 0.05) is 18.8 Å². The normalized spacial score (nSPS) is 11.8. The lowest BCUT2D eigenvalue weighted by Crippen LogP contribution is -2.48. The molecule has 0 aromatic heterocycles. The van der Waals surface area contributed by atoms with Gasteiger partial charge in [-0.3, -0.25) is 9.59 Å². The summed E-state index contributed by atoms with van der Waals surface area (Å²) in [5.41, 5.74) is 3.16. The van der Waals surface area contributed by atoms with Crippen LogP contribution in [-0.2, 0) is 21.9 Å². The average Bonchev–Trinajstić information content (AvgIpc) is 2.75. The van der Waals surface area contributed by atoms with Gasteiger partial charge in [0.15, 0.2) is 0 Å². The number of thioether (sulfide) groups is 1. The van der Waals surface area contributed by atoms with Crippen molar-refractivity contribution in [3.63, 3.8) is 0 Å². The van der Waals surface area contributed by atoms with E-state index in [-0.39, 0.29) is 17.6 Å². The summed E-state index contributed by atoms with van der Waals surface area (Å²) in [6.07, 6.45) is 1.93. The Bertz CT molecular complexity index is 874. The molecule has 7 heteroatoms. The highest BCUT2D eigenvalue weighted by Gasteiger charge is 2.25. The maximum atomic E-state index is 13.1. The Hall–Kier alpha value is -1.69. The molecule has 2 rings (SSSR count). The van der Waals surface area contributed by atoms with E-state index in [1.165, 1.54) is 11.8 Å². The number of amides is 2.